The van der Waals surface area contributed by atoms with Gasteiger partial charge in [0.25, 0.3) is 0 Å². The van der Waals surface area contributed by atoms with Gasteiger partial charge in [0.15, 0.2) is 0 Å². The zero-order chi connectivity index (χ0) is 13.7. The quantitative estimate of drug-likeness (QED) is 0.732. The summed E-state index contributed by atoms with van der Waals surface area (Å²) in [5.41, 5.74) is 8.53. The number of nitrogen functional groups attached to an aromatic ring is 1. The third-order valence-electron chi connectivity index (χ3n) is 2.47. The molecule has 1 aromatic rings. The highest BCUT2D eigenvalue weighted by molar-refractivity contribution is 9.10. The van der Waals surface area contributed by atoms with E-state index in [2.05, 4.69) is 26.6 Å². The van der Waals surface area contributed by atoms with Crippen LogP contribution in [0.4, 0.5) is 11.4 Å². The molecule has 0 unspecified atom stereocenters. The summed E-state index contributed by atoms with van der Waals surface area (Å²) in [5, 5.41) is 6.08. The number of carbonyl (C=O) groups excluding carboxylic acids is 1. The first-order valence-electron chi connectivity index (χ1n) is 5.99. The van der Waals surface area contributed by atoms with E-state index in [0.29, 0.717) is 13.0 Å². The summed E-state index contributed by atoms with van der Waals surface area (Å²) in [5.74, 6) is 0.0563. The number of aryl methyl sites for hydroxylation is 1. The van der Waals surface area contributed by atoms with Crippen molar-refractivity contribution in [2.75, 3.05) is 17.6 Å². The van der Waals surface area contributed by atoms with Crippen LogP contribution in [0.15, 0.2) is 16.6 Å². The van der Waals surface area contributed by atoms with Crippen LogP contribution in [-0.2, 0) is 4.79 Å². The Labute approximate surface area is 116 Å². The van der Waals surface area contributed by atoms with Crippen molar-refractivity contribution in [1.29, 1.82) is 0 Å². The minimum Gasteiger partial charge on any atom is -0.398 e. The molecule has 0 saturated heterocycles. The molecule has 0 aliphatic rings. The number of anilines is 2. The second kappa shape index (κ2) is 6.64. The van der Waals surface area contributed by atoms with Crippen LogP contribution in [0.1, 0.15) is 25.8 Å². The average Bonchev–Trinajstić information content (AvgIpc) is 2.24. The summed E-state index contributed by atoms with van der Waals surface area (Å²) in [6.45, 7) is 6.45. The van der Waals surface area contributed by atoms with Crippen LogP contribution in [0.2, 0.25) is 0 Å². The smallest absolute Gasteiger partial charge is 0.221 e. The van der Waals surface area contributed by atoms with Gasteiger partial charge in [-0.2, -0.15) is 0 Å². The van der Waals surface area contributed by atoms with E-state index in [-0.39, 0.29) is 11.9 Å². The van der Waals surface area contributed by atoms with Crippen molar-refractivity contribution in [3.63, 3.8) is 0 Å². The second-order valence-corrected chi connectivity index (χ2v) is 5.44. The van der Waals surface area contributed by atoms with Crippen LogP contribution in [0.3, 0.4) is 0 Å². The summed E-state index contributed by atoms with van der Waals surface area (Å²) >= 11 is 3.45. The molecule has 0 aliphatic heterocycles. The summed E-state index contributed by atoms with van der Waals surface area (Å²) in [6.07, 6.45) is 0.452. The Balaban J connectivity index is 2.49. The molecule has 0 spiro atoms. The largest absolute Gasteiger partial charge is 0.398 e. The molecule has 0 aromatic heterocycles. The minimum absolute atomic E-state index is 0.0563. The third-order valence-corrected chi connectivity index (χ3v) is 3.13. The molecular formula is C13H20BrN3O. The predicted octanol–water partition coefficient (Wildman–Crippen LogP) is 2.67. The lowest BCUT2D eigenvalue weighted by atomic mass is 10.2. The van der Waals surface area contributed by atoms with Crippen molar-refractivity contribution in [3.8, 4) is 0 Å². The average molecular weight is 314 g/mol. The molecule has 4 nitrogen and oxygen atoms in total. The van der Waals surface area contributed by atoms with E-state index < -0.39 is 0 Å². The fourth-order valence-electron chi connectivity index (χ4n) is 1.54. The van der Waals surface area contributed by atoms with Gasteiger partial charge in [-0.25, -0.2) is 0 Å². The monoisotopic (exact) mass is 313 g/mol. The molecule has 100 valence electrons. The molecule has 0 saturated carbocycles. The Morgan fingerprint density at radius 2 is 2.11 bits per heavy atom. The number of benzene rings is 1. The Bertz CT molecular complexity index is 432. The number of carbonyl (C=O) groups is 1. The molecule has 0 fully saturated rings. The van der Waals surface area contributed by atoms with Gasteiger partial charge >= 0.3 is 0 Å². The van der Waals surface area contributed by atoms with Gasteiger partial charge in [-0.1, -0.05) is 0 Å². The van der Waals surface area contributed by atoms with Crippen molar-refractivity contribution in [2.24, 2.45) is 0 Å². The molecule has 0 bridgehead atoms. The van der Waals surface area contributed by atoms with E-state index in [4.69, 9.17) is 5.73 Å². The van der Waals surface area contributed by atoms with Crippen molar-refractivity contribution in [2.45, 2.75) is 33.2 Å². The number of nitrogens with one attached hydrogen (secondary N) is 2. The molecule has 0 radical (unpaired) electrons. The number of amides is 1. The predicted molar refractivity (Wildman–Crippen MR) is 79.7 cm³/mol. The highest BCUT2D eigenvalue weighted by atomic mass is 79.9. The van der Waals surface area contributed by atoms with Gasteiger partial charge in [0.1, 0.15) is 0 Å². The molecule has 1 aromatic carbocycles. The lowest BCUT2D eigenvalue weighted by Gasteiger charge is -2.12. The topological polar surface area (TPSA) is 67.2 Å². The number of nitrogens with two attached hydrogens (primary N) is 1. The van der Waals surface area contributed by atoms with E-state index in [9.17, 15) is 4.79 Å². The van der Waals surface area contributed by atoms with Gasteiger partial charge in [-0.05, 0) is 54.4 Å². The first-order valence-corrected chi connectivity index (χ1v) is 6.78. The SMILES string of the molecule is Cc1cc(NCCC(=O)NC(C)C)c(Br)cc1N. The lowest BCUT2D eigenvalue weighted by molar-refractivity contribution is -0.121. The fourth-order valence-corrected chi connectivity index (χ4v) is 2.04. The van der Waals surface area contributed by atoms with Gasteiger partial charge in [0, 0.05) is 34.9 Å². The second-order valence-electron chi connectivity index (χ2n) is 4.59. The first-order chi connectivity index (χ1) is 8.40. The fraction of sp³-hybridized carbons (Fsp3) is 0.462. The van der Waals surface area contributed by atoms with Gasteiger partial charge in [-0.3, -0.25) is 4.79 Å². The first kappa shape index (κ1) is 14.8. The van der Waals surface area contributed by atoms with Crippen molar-refractivity contribution in [1.82, 2.24) is 5.32 Å². The van der Waals surface area contributed by atoms with E-state index in [1.54, 1.807) is 0 Å². The van der Waals surface area contributed by atoms with Crippen LogP contribution < -0.4 is 16.4 Å². The molecule has 0 heterocycles. The van der Waals surface area contributed by atoms with Crippen LogP contribution in [0, 0.1) is 6.92 Å². The maximum absolute atomic E-state index is 11.5. The summed E-state index contributed by atoms with van der Waals surface area (Å²) in [6, 6.07) is 4.02. The van der Waals surface area contributed by atoms with Crippen LogP contribution in [0.25, 0.3) is 0 Å². The van der Waals surface area contributed by atoms with Gasteiger partial charge < -0.3 is 16.4 Å². The molecule has 1 rings (SSSR count). The van der Waals surface area contributed by atoms with Crippen molar-refractivity contribution >= 4 is 33.2 Å². The van der Waals surface area contributed by atoms with E-state index in [0.717, 1.165) is 21.4 Å². The molecule has 4 N–H and O–H groups in total. The van der Waals surface area contributed by atoms with Crippen LogP contribution in [0.5, 0.6) is 0 Å². The Morgan fingerprint density at radius 1 is 1.44 bits per heavy atom. The summed E-state index contributed by atoms with van der Waals surface area (Å²) in [7, 11) is 0. The van der Waals surface area contributed by atoms with E-state index in [1.165, 1.54) is 0 Å². The van der Waals surface area contributed by atoms with Crippen LogP contribution in [-0.4, -0.2) is 18.5 Å². The van der Waals surface area contributed by atoms with Gasteiger partial charge in [0.05, 0.1) is 0 Å². The van der Waals surface area contributed by atoms with Gasteiger partial charge in [-0.15, -0.1) is 0 Å². The van der Waals surface area contributed by atoms with Crippen molar-refractivity contribution < 1.29 is 4.79 Å². The third kappa shape index (κ3) is 4.56. The van der Waals surface area contributed by atoms with E-state index >= 15 is 0 Å². The number of hydrogen-bond donors (Lipinski definition) is 3. The molecule has 1 amide bonds. The van der Waals surface area contributed by atoms with Gasteiger partial charge in [0.2, 0.25) is 5.91 Å². The lowest BCUT2D eigenvalue weighted by Crippen LogP contribution is -2.31. The highest BCUT2D eigenvalue weighted by Crippen LogP contribution is 2.27. The molecular weight excluding hydrogens is 294 g/mol. The number of rotatable bonds is 5. The standard InChI is InChI=1S/C13H20BrN3O/c1-8(2)17-13(18)4-5-16-12-6-9(3)11(15)7-10(12)14/h6-8,16H,4-5,15H2,1-3H3,(H,17,18). The minimum atomic E-state index is 0.0563. The normalized spacial score (nSPS) is 10.5. The van der Waals surface area contributed by atoms with E-state index in [1.807, 2.05) is 32.9 Å². The van der Waals surface area contributed by atoms with Crippen LogP contribution >= 0.6 is 15.9 Å². The zero-order valence-electron chi connectivity index (χ0n) is 11.0. The maximum Gasteiger partial charge on any atom is 0.221 e. The summed E-state index contributed by atoms with van der Waals surface area (Å²) in [4.78, 5) is 11.5. The Kier molecular flexibility index (Phi) is 5.47. The number of halogens is 1. The summed E-state index contributed by atoms with van der Waals surface area (Å²) < 4.78 is 0.912. The molecule has 5 heteroatoms. The maximum atomic E-state index is 11.5. The highest BCUT2D eigenvalue weighted by Gasteiger charge is 2.05. The molecule has 18 heavy (non-hydrogen) atoms. The Morgan fingerprint density at radius 3 is 2.72 bits per heavy atom. The van der Waals surface area contributed by atoms with Crippen molar-refractivity contribution in [3.05, 3.63) is 22.2 Å². The number of hydrogen-bond acceptors (Lipinski definition) is 3. The zero-order valence-corrected chi connectivity index (χ0v) is 12.6. The Hall–Kier alpha value is -1.23. The molecule has 0 aliphatic carbocycles. The molecule has 0 atom stereocenters.